The summed E-state index contributed by atoms with van der Waals surface area (Å²) >= 11 is 0. The topological polar surface area (TPSA) is 66.5 Å². The Balaban J connectivity index is 1.80. The van der Waals surface area contributed by atoms with Crippen molar-refractivity contribution in [3.8, 4) is 0 Å². The first-order chi connectivity index (χ1) is 11.7. The van der Waals surface area contributed by atoms with Gasteiger partial charge in [-0.1, -0.05) is 12.8 Å². The van der Waals surface area contributed by atoms with Crippen LogP contribution in [-0.2, 0) is 0 Å². The Hall–Kier alpha value is -2.38. The number of alkyl halides is 3. The van der Waals surface area contributed by atoms with Gasteiger partial charge in [0.1, 0.15) is 0 Å². The van der Waals surface area contributed by atoms with Crippen molar-refractivity contribution < 1.29 is 27.6 Å². The van der Waals surface area contributed by atoms with Gasteiger partial charge in [-0.15, -0.1) is 0 Å². The molecular weight excluding hydrogens is 337 g/mol. The molecule has 1 saturated carbocycles. The molecule has 3 amide bonds. The Morgan fingerprint density at radius 3 is 2.44 bits per heavy atom. The summed E-state index contributed by atoms with van der Waals surface area (Å²) in [6, 6.07) is 2.99. The molecule has 2 atom stereocenters. The van der Waals surface area contributed by atoms with Crippen LogP contribution < -0.4 is 5.32 Å². The van der Waals surface area contributed by atoms with Crippen LogP contribution in [-0.4, -0.2) is 41.9 Å². The lowest BCUT2D eigenvalue weighted by molar-refractivity contribution is -0.187. The van der Waals surface area contributed by atoms with Gasteiger partial charge in [-0.05, 0) is 31.0 Å². The number of hydrogen-bond acceptors (Lipinski definition) is 3. The fourth-order valence-corrected chi connectivity index (χ4v) is 3.45. The summed E-state index contributed by atoms with van der Waals surface area (Å²) in [5, 5.41) is 2.45. The second-order valence-corrected chi connectivity index (χ2v) is 6.44. The van der Waals surface area contributed by atoms with Crippen molar-refractivity contribution >= 4 is 17.7 Å². The van der Waals surface area contributed by atoms with E-state index >= 15 is 0 Å². The monoisotopic (exact) mass is 354 g/mol. The summed E-state index contributed by atoms with van der Waals surface area (Å²) in [5.74, 6) is -3.22. The van der Waals surface area contributed by atoms with Gasteiger partial charge in [-0.25, -0.2) is 0 Å². The van der Waals surface area contributed by atoms with Crippen LogP contribution in [0, 0.1) is 5.92 Å². The third kappa shape index (κ3) is 3.12. The molecule has 25 heavy (non-hydrogen) atoms. The molecule has 1 N–H and O–H groups in total. The number of carbonyl (C=O) groups is 3. The highest BCUT2D eigenvalue weighted by Crippen LogP contribution is 2.37. The number of imide groups is 1. The van der Waals surface area contributed by atoms with Gasteiger partial charge in [0, 0.05) is 18.7 Å². The maximum Gasteiger partial charge on any atom is 0.393 e. The number of benzene rings is 1. The zero-order chi connectivity index (χ0) is 18.4. The van der Waals surface area contributed by atoms with Gasteiger partial charge in [0.05, 0.1) is 17.0 Å². The lowest BCUT2D eigenvalue weighted by atomic mass is 9.84. The molecule has 0 saturated heterocycles. The molecule has 3 rings (SSSR count). The second-order valence-electron chi connectivity index (χ2n) is 6.44. The average molecular weight is 354 g/mol. The Morgan fingerprint density at radius 2 is 1.76 bits per heavy atom. The molecule has 0 aromatic heterocycles. The zero-order valence-electron chi connectivity index (χ0n) is 13.5. The molecule has 1 aromatic rings. The van der Waals surface area contributed by atoms with Gasteiger partial charge < -0.3 is 5.32 Å². The smallest absolute Gasteiger partial charge is 0.349 e. The minimum Gasteiger partial charge on any atom is -0.349 e. The van der Waals surface area contributed by atoms with E-state index in [1.807, 2.05) is 0 Å². The van der Waals surface area contributed by atoms with Crippen molar-refractivity contribution in [2.75, 3.05) is 7.05 Å². The third-order valence-corrected chi connectivity index (χ3v) is 4.85. The number of nitrogens with zero attached hydrogens (tertiary/aromatic N) is 1. The highest BCUT2D eigenvalue weighted by atomic mass is 19.4. The molecule has 8 heteroatoms. The van der Waals surface area contributed by atoms with Crippen LogP contribution in [0.1, 0.15) is 56.8 Å². The van der Waals surface area contributed by atoms with Crippen molar-refractivity contribution in [3.05, 3.63) is 34.9 Å². The third-order valence-electron chi connectivity index (χ3n) is 4.85. The Morgan fingerprint density at radius 1 is 1.12 bits per heavy atom. The van der Waals surface area contributed by atoms with Crippen LogP contribution in [0.4, 0.5) is 13.2 Å². The minimum atomic E-state index is -4.36. The van der Waals surface area contributed by atoms with E-state index in [0.29, 0.717) is 12.8 Å². The summed E-state index contributed by atoms with van der Waals surface area (Å²) in [6.45, 7) is 0. The number of rotatable bonds is 2. The number of nitrogens with one attached hydrogen (secondary N) is 1. The van der Waals surface area contributed by atoms with Crippen LogP contribution in [0.3, 0.4) is 0 Å². The molecular formula is C17H17F3N2O3. The van der Waals surface area contributed by atoms with E-state index in [0.717, 1.165) is 4.90 Å². The summed E-state index contributed by atoms with van der Waals surface area (Å²) in [7, 11) is 1.33. The summed E-state index contributed by atoms with van der Waals surface area (Å²) in [4.78, 5) is 37.1. The van der Waals surface area contributed by atoms with E-state index in [1.165, 1.54) is 25.2 Å². The molecule has 1 aromatic carbocycles. The average Bonchev–Trinajstić information content (AvgIpc) is 2.78. The summed E-state index contributed by atoms with van der Waals surface area (Å²) < 4.78 is 39.4. The maximum absolute atomic E-state index is 13.1. The number of halogens is 3. The van der Waals surface area contributed by atoms with Gasteiger partial charge in [-0.2, -0.15) is 13.2 Å². The number of fused-ring (bicyclic) bond motifs is 1. The molecule has 0 radical (unpaired) electrons. The molecule has 1 aliphatic carbocycles. The Bertz CT molecular complexity index is 745. The van der Waals surface area contributed by atoms with E-state index in [9.17, 15) is 27.6 Å². The maximum atomic E-state index is 13.1. The van der Waals surface area contributed by atoms with Crippen LogP contribution >= 0.6 is 0 Å². The molecule has 5 nitrogen and oxygen atoms in total. The molecule has 1 fully saturated rings. The van der Waals surface area contributed by atoms with Gasteiger partial charge in [0.15, 0.2) is 0 Å². The van der Waals surface area contributed by atoms with Crippen LogP contribution in [0.2, 0.25) is 0 Å². The summed E-state index contributed by atoms with van der Waals surface area (Å²) in [6.07, 6.45) is -2.99. The Kier molecular flexibility index (Phi) is 4.30. The van der Waals surface area contributed by atoms with E-state index in [-0.39, 0.29) is 29.5 Å². The van der Waals surface area contributed by atoms with Crippen molar-refractivity contribution in [2.24, 2.45) is 5.92 Å². The molecule has 0 bridgehead atoms. The molecule has 0 spiro atoms. The van der Waals surface area contributed by atoms with Gasteiger partial charge >= 0.3 is 6.18 Å². The standard InChI is InChI=1S/C17H17F3N2O3/c1-22-15(24)10-7-6-9(8-11(10)16(22)25)14(23)21-13-5-3-2-4-12(13)17(18,19)20/h6-8,12-13H,2-5H2,1H3,(H,21,23). The fraction of sp³-hybridized carbons (Fsp3) is 0.471. The van der Waals surface area contributed by atoms with Crippen molar-refractivity contribution in [1.82, 2.24) is 10.2 Å². The zero-order valence-corrected chi connectivity index (χ0v) is 13.5. The van der Waals surface area contributed by atoms with E-state index in [2.05, 4.69) is 5.32 Å². The van der Waals surface area contributed by atoms with E-state index < -0.39 is 35.9 Å². The normalized spacial score (nSPS) is 23.6. The molecule has 1 aliphatic heterocycles. The lowest BCUT2D eigenvalue weighted by Crippen LogP contribution is -2.47. The minimum absolute atomic E-state index is 0.00355. The van der Waals surface area contributed by atoms with E-state index in [4.69, 9.17) is 0 Å². The lowest BCUT2D eigenvalue weighted by Gasteiger charge is -2.33. The van der Waals surface area contributed by atoms with E-state index in [1.54, 1.807) is 0 Å². The molecule has 2 unspecified atom stereocenters. The molecule has 2 aliphatic rings. The molecule has 134 valence electrons. The Labute approximate surface area is 142 Å². The predicted molar refractivity (Wildman–Crippen MR) is 82.1 cm³/mol. The van der Waals surface area contributed by atoms with Crippen LogP contribution in [0.5, 0.6) is 0 Å². The highest BCUT2D eigenvalue weighted by Gasteiger charge is 2.46. The molecule has 1 heterocycles. The van der Waals surface area contributed by atoms with Crippen LogP contribution in [0.25, 0.3) is 0 Å². The number of amides is 3. The first-order valence-electron chi connectivity index (χ1n) is 8.04. The van der Waals surface area contributed by atoms with Crippen LogP contribution in [0.15, 0.2) is 18.2 Å². The quantitative estimate of drug-likeness (QED) is 0.831. The van der Waals surface area contributed by atoms with Gasteiger partial charge in [0.2, 0.25) is 0 Å². The van der Waals surface area contributed by atoms with Crippen molar-refractivity contribution in [3.63, 3.8) is 0 Å². The predicted octanol–water partition coefficient (Wildman–Crippen LogP) is 2.76. The largest absolute Gasteiger partial charge is 0.393 e. The van der Waals surface area contributed by atoms with Crippen molar-refractivity contribution in [2.45, 2.75) is 37.9 Å². The fourth-order valence-electron chi connectivity index (χ4n) is 3.45. The number of hydrogen-bond donors (Lipinski definition) is 1. The first-order valence-corrected chi connectivity index (χ1v) is 8.04. The highest BCUT2D eigenvalue weighted by molar-refractivity contribution is 6.21. The first kappa shape index (κ1) is 17.4. The number of carbonyl (C=O) groups excluding carboxylic acids is 3. The van der Waals surface area contributed by atoms with Crippen molar-refractivity contribution in [1.29, 1.82) is 0 Å². The van der Waals surface area contributed by atoms with Gasteiger partial charge in [0.25, 0.3) is 17.7 Å². The SMILES string of the molecule is CN1C(=O)c2ccc(C(=O)NC3CCCCC3C(F)(F)F)cc2C1=O. The summed E-state index contributed by atoms with van der Waals surface area (Å²) in [5.41, 5.74) is 0.354. The van der Waals surface area contributed by atoms with Gasteiger partial charge in [-0.3, -0.25) is 19.3 Å². The second kappa shape index (κ2) is 6.16.